The summed E-state index contributed by atoms with van der Waals surface area (Å²) in [6.45, 7) is -0.335. The molecule has 1 aliphatic rings. The number of imide groups is 1. The second-order valence-corrected chi connectivity index (χ2v) is 4.49. The van der Waals surface area contributed by atoms with Crippen molar-refractivity contribution in [3.63, 3.8) is 0 Å². The molecule has 0 saturated carbocycles. The minimum Gasteiger partial charge on any atom is -0.466 e. The third-order valence-corrected chi connectivity index (χ3v) is 3.02. The van der Waals surface area contributed by atoms with Crippen LogP contribution < -0.4 is 5.32 Å². The van der Waals surface area contributed by atoms with Crippen LogP contribution in [0.25, 0.3) is 0 Å². The molecule has 116 valence electrons. The second kappa shape index (κ2) is 6.70. The molecule has 22 heavy (non-hydrogen) atoms. The van der Waals surface area contributed by atoms with E-state index >= 15 is 0 Å². The van der Waals surface area contributed by atoms with Gasteiger partial charge in [-0.05, 0) is 17.7 Å². The van der Waals surface area contributed by atoms with Crippen LogP contribution in [-0.2, 0) is 25.6 Å². The Bertz CT molecular complexity index is 594. The highest BCUT2D eigenvalue weighted by molar-refractivity contribution is 6.01. The SMILES string of the molecule is COC(=O)COC(=O)c1ccc(CN2C(=O)CNC2=O)cc1. The lowest BCUT2D eigenvalue weighted by Crippen LogP contribution is -2.30. The van der Waals surface area contributed by atoms with Gasteiger partial charge in [-0.2, -0.15) is 0 Å². The summed E-state index contributed by atoms with van der Waals surface area (Å²) in [5, 5.41) is 2.42. The van der Waals surface area contributed by atoms with E-state index in [1.807, 2.05) is 0 Å². The van der Waals surface area contributed by atoms with E-state index < -0.39 is 24.6 Å². The van der Waals surface area contributed by atoms with Crippen molar-refractivity contribution >= 4 is 23.9 Å². The molecule has 0 radical (unpaired) electrons. The summed E-state index contributed by atoms with van der Waals surface area (Å²) in [6.07, 6.45) is 0. The van der Waals surface area contributed by atoms with Crippen LogP contribution in [0.15, 0.2) is 24.3 Å². The molecule has 0 spiro atoms. The van der Waals surface area contributed by atoms with Crippen LogP contribution in [0.2, 0.25) is 0 Å². The van der Waals surface area contributed by atoms with Crippen LogP contribution in [-0.4, -0.2) is 49.0 Å². The predicted octanol–water partition coefficient (Wildman–Crippen LogP) is 0.0682. The summed E-state index contributed by atoms with van der Waals surface area (Å²) < 4.78 is 9.10. The van der Waals surface area contributed by atoms with Gasteiger partial charge in [0.15, 0.2) is 6.61 Å². The molecule has 2 rings (SSSR count). The molecule has 0 aromatic heterocycles. The molecule has 1 heterocycles. The van der Waals surface area contributed by atoms with Gasteiger partial charge in [0.25, 0.3) is 0 Å². The lowest BCUT2D eigenvalue weighted by atomic mass is 10.1. The molecular formula is C14H14N2O6. The van der Waals surface area contributed by atoms with Crippen molar-refractivity contribution in [1.29, 1.82) is 0 Å². The second-order valence-electron chi connectivity index (χ2n) is 4.49. The molecule has 3 amide bonds. The first-order valence-electron chi connectivity index (χ1n) is 6.42. The first-order chi connectivity index (χ1) is 10.5. The zero-order valence-corrected chi connectivity index (χ0v) is 11.8. The molecule has 8 heteroatoms. The lowest BCUT2D eigenvalue weighted by Gasteiger charge is -2.12. The first kappa shape index (κ1) is 15.5. The maximum absolute atomic E-state index is 11.7. The van der Waals surface area contributed by atoms with Gasteiger partial charge in [-0.3, -0.25) is 9.69 Å². The van der Waals surface area contributed by atoms with Crippen LogP contribution in [0, 0.1) is 0 Å². The van der Waals surface area contributed by atoms with E-state index in [4.69, 9.17) is 4.74 Å². The molecular weight excluding hydrogens is 292 g/mol. The Hall–Kier alpha value is -2.90. The van der Waals surface area contributed by atoms with Crippen molar-refractivity contribution in [3.05, 3.63) is 35.4 Å². The van der Waals surface area contributed by atoms with Crippen molar-refractivity contribution in [3.8, 4) is 0 Å². The third kappa shape index (κ3) is 3.60. The molecule has 0 bridgehead atoms. The number of benzene rings is 1. The Morgan fingerprint density at radius 2 is 1.91 bits per heavy atom. The monoisotopic (exact) mass is 306 g/mol. The van der Waals surface area contributed by atoms with Crippen LogP contribution in [0.5, 0.6) is 0 Å². The van der Waals surface area contributed by atoms with Gasteiger partial charge in [-0.25, -0.2) is 14.4 Å². The largest absolute Gasteiger partial charge is 0.466 e. The van der Waals surface area contributed by atoms with Crippen LogP contribution in [0.3, 0.4) is 0 Å². The number of esters is 2. The maximum atomic E-state index is 11.7. The molecule has 0 aliphatic carbocycles. The Labute approximate surface area is 126 Å². The molecule has 1 aromatic carbocycles. The molecule has 1 saturated heterocycles. The number of nitrogens with one attached hydrogen (secondary N) is 1. The van der Waals surface area contributed by atoms with E-state index in [-0.39, 0.29) is 24.6 Å². The highest BCUT2D eigenvalue weighted by Gasteiger charge is 2.28. The molecule has 1 fully saturated rings. The average molecular weight is 306 g/mol. The number of amides is 3. The molecule has 1 N–H and O–H groups in total. The fourth-order valence-electron chi connectivity index (χ4n) is 1.81. The summed E-state index contributed by atoms with van der Waals surface area (Å²) in [5.74, 6) is -1.61. The number of carbonyl (C=O) groups excluding carboxylic acids is 4. The number of urea groups is 1. The number of ether oxygens (including phenoxy) is 2. The van der Waals surface area contributed by atoms with E-state index in [1.165, 1.54) is 19.2 Å². The number of hydrogen-bond donors (Lipinski definition) is 1. The normalized spacial score (nSPS) is 13.8. The zero-order valence-electron chi connectivity index (χ0n) is 11.8. The van der Waals surface area contributed by atoms with Crippen LogP contribution >= 0.6 is 0 Å². The number of rotatable bonds is 5. The predicted molar refractivity (Wildman–Crippen MR) is 72.7 cm³/mol. The summed E-state index contributed by atoms with van der Waals surface area (Å²) in [6, 6.07) is 5.76. The van der Waals surface area contributed by atoms with Gasteiger partial charge in [0, 0.05) is 0 Å². The zero-order chi connectivity index (χ0) is 16.1. The van der Waals surface area contributed by atoms with Gasteiger partial charge in [-0.15, -0.1) is 0 Å². The molecule has 0 unspecified atom stereocenters. The molecule has 8 nitrogen and oxygen atoms in total. The summed E-state index contributed by atoms with van der Waals surface area (Å²) >= 11 is 0. The van der Waals surface area contributed by atoms with E-state index in [9.17, 15) is 19.2 Å². The van der Waals surface area contributed by atoms with E-state index in [0.717, 1.165) is 4.90 Å². The third-order valence-electron chi connectivity index (χ3n) is 3.02. The van der Waals surface area contributed by atoms with E-state index in [2.05, 4.69) is 10.1 Å². The van der Waals surface area contributed by atoms with Crippen LogP contribution in [0.1, 0.15) is 15.9 Å². The van der Waals surface area contributed by atoms with Crippen LogP contribution in [0.4, 0.5) is 4.79 Å². The molecule has 0 atom stereocenters. The number of nitrogens with zero attached hydrogens (tertiary/aromatic N) is 1. The Kier molecular flexibility index (Phi) is 4.72. The topological polar surface area (TPSA) is 102 Å². The molecule has 1 aliphatic heterocycles. The number of methoxy groups -OCH3 is 1. The summed E-state index contributed by atoms with van der Waals surface area (Å²) in [4.78, 5) is 46.5. The van der Waals surface area contributed by atoms with Crippen molar-refractivity contribution in [1.82, 2.24) is 10.2 Å². The van der Waals surface area contributed by atoms with E-state index in [0.29, 0.717) is 5.56 Å². The summed E-state index contributed by atoms with van der Waals surface area (Å²) in [7, 11) is 1.20. The van der Waals surface area contributed by atoms with Crippen molar-refractivity contribution in [2.24, 2.45) is 0 Å². The van der Waals surface area contributed by atoms with Gasteiger partial charge in [-0.1, -0.05) is 12.1 Å². The summed E-state index contributed by atoms with van der Waals surface area (Å²) in [5.41, 5.74) is 0.944. The Morgan fingerprint density at radius 3 is 2.45 bits per heavy atom. The first-order valence-corrected chi connectivity index (χ1v) is 6.42. The standard InChI is InChI=1S/C14H14N2O6/c1-21-12(18)8-22-13(19)10-4-2-9(3-5-10)7-16-11(17)6-15-14(16)20/h2-5H,6-8H2,1H3,(H,15,20). The smallest absolute Gasteiger partial charge is 0.344 e. The van der Waals surface area contributed by atoms with Gasteiger partial charge in [0.05, 0.1) is 25.8 Å². The molecule has 1 aromatic rings. The fraction of sp³-hybridized carbons (Fsp3) is 0.286. The van der Waals surface area contributed by atoms with Gasteiger partial charge < -0.3 is 14.8 Å². The maximum Gasteiger partial charge on any atom is 0.344 e. The lowest BCUT2D eigenvalue weighted by molar-refractivity contribution is -0.144. The number of hydrogen-bond acceptors (Lipinski definition) is 6. The fourth-order valence-corrected chi connectivity index (χ4v) is 1.81. The minimum atomic E-state index is -0.660. The van der Waals surface area contributed by atoms with Gasteiger partial charge >= 0.3 is 18.0 Å². The quantitative estimate of drug-likeness (QED) is 0.610. The highest BCUT2D eigenvalue weighted by atomic mass is 16.6. The van der Waals surface area contributed by atoms with Crippen molar-refractivity contribution < 1.29 is 28.7 Å². The number of carbonyl (C=O) groups is 4. The Balaban J connectivity index is 1.95. The van der Waals surface area contributed by atoms with Crippen molar-refractivity contribution in [2.45, 2.75) is 6.54 Å². The van der Waals surface area contributed by atoms with Gasteiger partial charge in [0.1, 0.15) is 0 Å². The highest BCUT2D eigenvalue weighted by Crippen LogP contribution is 2.11. The van der Waals surface area contributed by atoms with Gasteiger partial charge in [0.2, 0.25) is 5.91 Å². The van der Waals surface area contributed by atoms with E-state index in [1.54, 1.807) is 12.1 Å². The average Bonchev–Trinajstić information content (AvgIpc) is 2.84. The minimum absolute atomic E-state index is 0.00320. The van der Waals surface area contributed by atoms with Crippen molar-refractivity contribution in [2.75, 3.05) is 20.3 Å². The Morgan fingerprint density at radius 1 is 1.23 bits per heavy atom.